The van der Waals surface area contributed by atoms with E-state index in [1.807, 2.05) is 30.3 Å². The lowest BCUT2D eigenvalue weighted by atomic mass is 9.97. The van der Waals surface area contributed by atoms with Gasteiger partial charge in [-0.25, -0.2) is 0 Å². The fraction of sp³-hybridized carbons (Fsp3) is 0.286. The van der Waals surface area contributed by atoms with Crippen LogP contribution >= 0.6 is 11.8 Å². The molecule has 6 heteroatoms. The number of benzene rings is 2. The van der Waals surface area contributed by atoms with E-state index in [1.54, 1.807) is 31.2 Å². The van der Waals surface area contributed by atoms with Crippen molar-refractivity contribution < 1.29 is 23.9 Å². The summed E-state index contributed by atoms with van der Waals surface area (Å²) in [7, 11) is 0. The molecule has 2 aromatic rings. The third-order valence-corrected chi connectivity index (χ3v) is 5.50. The molecule has 2 aromatic carbocycles. The average molecular weight is 384 g/mol. The summed E-state index contributed by atoms with van der Waals surface area (Å²) in [6, 6.07) is 16.4. The smallest absolute Gasteiger partial charge is 0.313 e. The standard InChI is InChI=1S/C21H20O5S/c1-2-25-20(24)13-17(23)21(27-14-8-4-3-5-9-14)19-12-16(22)15-10-6-7-11-18(15)26-19/h3-11,19,21H,2,12-13H2,1H3. The molecule has 0 amide bonds. The van der Waals surface area contributed by atoms with Crippen LogP contribution < -0.4 is 4.74 Å². The minimum atomic E-state index is -0.686. The molecule has 1 aliphatic rings. The average Bonchev–Trinajstić information content (AvgIpc) is 2.67. The maximum atomic E-state index is 12.8. The number of ketones is 2. The zero-order valence-corrected chi connectivity index (χ0v) is 15.7. The highest BCUT2D eigenvalue weighted by molar-refractivity contribution is 8.00. The van der Waals surface area contributed by atoms with Gasteiger partial charge in [-0.2, -0.15) is 0 Å². The summed E-state index contributed by atoms with van der Waals surface area (Å²) < 4.78 is 10.9. The number of carbonyl (C=O) groups excluding carboxylic acids is 3. The second-order valence-corrected chi connectivity index (χ2v) is 7.29. The molecule has 0 saturated heterocycles. The fourth-order valence-electron chi connectivity index (χ4n) is 2.92. The number of Topliss-reactive ketones (excluding diaryl/α,β-unsaturated/α-hetero) is 2. The molecule has 1 heterocycles. The van der Waals surface area contributed by atoms with E-state index in [4.69, 9.17) is 9.47 Å². The van der Waals surface area contributed by atoms with Crippen LogP contribution in [0.25, 0.3) is 0 Å². The van der Waals surface area contributed by atoms with Crippen molar-refractivity contribution in [3.8, 4) is 5.75 Å². The van der Waals surface area contributed by atoms with E-state index >= 15 is 0 Å². The molecule has 0 saturated carbocycles. The number of thioether (sulfide) groups is 1. The number of para-hydroxylation sites is 1. The predicted octanol–water partition coefficient (Wildman–Crippen LogP) is 3.70. The lowest BCUT2D eigenvalue weighted by molar-refractivity contribution is -0.145. The maximum absolute atomic E-state index is 12.8. The van der Waals surface area contributed by atoms with Gasteiger partial charge in [0.1, 0.15) is 23.5 Å². The van der Waals surface area contributed by atoms with Gasteiger partial charge < -0.3 is 9.47 Å². The third-order valence-electron chi connectivity index (χ3n) is 4.14. The van der Waals surface area contributed by atoms with Gasteiger partial charge in [0, 0.05) is 11.3 Å². The van der Waals surface area contributed by atoms with Crippen LogP contribution in [0.3, 0.4) is 0 Å². The lowest BCUT2D eigenvalue weighted by Gasteiger charge is -2.30. The van der Waals surface area contributed by atoms with E-state index in [0.29, 0.717) is 11.3 Å². The molecule has 5 nitrogen and oxygen atoms in total. The van der Waals surface area contributed by atoms with Crippen molar-refractivity contribution in [1.29, 1.82) is 0 Å². The van der Waals surface area contributed by atoms with E-state index in [9.17, 15) is 14.4 Å². The first-order chi connectivity index (χ1) is 13.1. The second-order valence-electron chi connectivity index (χ2n) is 6.08. The Morgan fingerprint density at radius 2 is 1.85 bits per heavy atom. The molecule has 0 aromatic heterocycles. The Morgan fingerprint density at radius 1 is 1.15 bits per heavy atom. The van der Waals surface area contributed by atoms with E-state index in [0.717, 1.165) is 4.90 Å². The van der Waals surface area contributed by atoms with Crippen LogP contribution in [0.15, 0.2) is 59.5 Å². The highest BCUT2D eigenvalue weighted by atomic mass is 32.2. The Kier molecular flexibility index (Phi) is 6.29. The third kappa shape index (κ3) is 4.77. The van der Waals surface area contributed by atoms with Gasteiger partial charge in [0.25, 0.3) is 0 Å². The van der Waals surface area contributed by atoms with Crippen molar-refractivity contribution in [3.05, 3.63) is 60.2 Å². The van der Waals surface area contributed by atoms with Crippen LogP contribution in [0, 0.1) is 0 Å². The molecule has 140 valence electrons. The summed E-state index contributed by atoms with van der Waals surface area (Å²) in [5, 5.41) is -0.686. The van der Waals surface area contributed by atoms with Crippen LogP contribution in [0.5, 0.6) is 5.75 Å². The van der Waals surface area contributed by atoms with E-state index in [2.05, 4.69) is 0 Å². The highest BCUT2D eigenvalue weighted by Crippen LogP contribution is 2.35. The quantitative estimate of drug-likeness (QED) is 0.412. The molecule has 0 N–H and O–H groups in total. The first-order valence-corrected chi connectivity index (χ1v) is 9.65. The molecule has 0 aliphatic carbocycles. The minimum Gasteiger partial charge on any atom is -0.488 e. The topological polar surface area (TPSA) is 69.7 Å². The number of rotatable bonds is 7. The van der Waals surface area contributed by atoms with Gasteiger partial charge in [0.15, 0.2) is 11.6 Å². The zero-order chi connectivity index (χ0) is 19.2. The zero-order valence-electron chi connectivity index (χ0n) is 14.9. The van der Waals surface area contributed by atoms with Crippen molar-refractivity contribution in [2.75, 3.05) is 6.61 Å². The highest BCUT2D eigenvalue weighted by Gasteiger charge is 2.37. The fourth-order valence-corrected chi connectivity index (χ4v) is 4.04. The summed E-state index contributed by atoms with van der Waals surface area (Å²) in [5.74, 6) is -0.464. The van der Waals surface area contributed by atoms with Crippen molar-refractivity contribution in [3.63, 3.8) is 0 Å². The van der Waals surface area contributed by atoms with Crippen LogP contribution in [-0.4, -0.2) is 35.5 Å². The van der Waals surface area contributed by atoms with Crippen molar-refractivity contribution >= 4 is 29.3 Å². The number of ether oxygens (including phenoxy) is 2. The normalized spacial score (nSPS) is 16.8. The molecule has 0 fully saturated rings. The summed E-state index contributed by atoms with van der Waals surface area (Å²) in [6.07, 6.45) is -0.885. The molecule has 0 bridgehead atoms. The molecular weight excluding hydrogens is 364 g/mol. The SMILES string of the molecule is CCOC(=O)CC(=O)C(Sc1ccccc1)C1CC(=O)c2ccccc2O1. The molecule has 3 rings (SSSR count). The predicted molar refractivity (Wildman–Crippen MR) is 102 cm³/mol. The van der Waals surface area contributed by atoms with E-state index < -0.39 is 17.3 Å². The monoisotopic (exact) mass is 384 g/mol. The number of hydrogen-bond acceptors (Lipinski definition) is 6. The van der Waals surface area contributed by atoms with Gasteiger partial charge >= 0.3 is 5.97 Å². The van der Waals surface area contributed by atoms with Gasteiger partial charge in [-0.05, 0) is 31.2 Å². The summed E-state index contributed by atoms with van der Waals surface area (Å²) in [5.41, 5.74) is 0.523. The first-order valence-electron chi connectivity index (χ1n) is 8.77. The van der Waals surface area contributed by atoms with Gasteiger partial charge in [-0.1, -0.05) is 30.3 Å². The molecular formula is C21H20O5S. The van der Waals surface area contributed by atoms with Crippen molar-refractivity contribution in [2.45, 2.75) is 36.0 Å². The molecule has 2 unspecified atom stereocenters. The Hall–Kier alpha value is -2.60. The second kappa shape index (κ2) is 8.86. The molecule has 1 aliphatic heterocycles. The van der Waals surface area contributed by atoms with Gasteiger partial charge in [0.2, 0.25) is 0 Å². The van der Waals surface area contributed by atoms with Gasteiger partial charge in [-0.3, -0.25) is 14.4 Å². The van der Waals surface area contributed by atoms with Gasteiger partial charge in [0.05, 0.1) is 12.2 Å². The number of hydrogen-bond donors (Lipinski definition) is 0. The van der Waals surface area contributed by atoms with Crippen molar-refractivity contribution in [2.24, 2.45) is 0 Å². The molecule has 27 heavy (non-hydrogen) atoms. The summed E-state index contributed by atoms with van der Waals surface area (Å²) in [4.78, 5) is 38.0. The molecule has 2 atom stereocenters. The maximum Gasteiger partial charge on any atom is 0.313 e. The summed E-state index contributed by atoms with van der Waals surface area (Å²) in [6.45, 7) is 1.91. The minimum absolute atomic E-state index is 0.0653. The number of fused-ring (bicyclic) bond motifs is 1. The van der Waals surface area contributed by atoms with Crippen LogP contribution in [0.2, 0.25) is 0 Å². The lowest BCUT2D eigenvalue weighted by Crippen LogP contribution is -2.41. The largest absolute Gasteiger partial charge is 0.488 e. The van der Waals surface area contributed by atoms with Crippen LogP contribution in [0.4, 0.5) is 0 Å². The summed E-state index contributed by atoms with van der Waals surface area (Å²) >= 11 is 1.31. The van der Waals surface area contributed by atoms with Crippen LogP contribution in [-0.2, 0) is 14.3 Å². The van der Waals surface area contributed by atoms with E-state index in [1.165, 1.54) is 11.8 Å². The molecule has 0 radical (unpaired) electrons. The Morgan fingerprint density at radius 3 is 2.59 bits per heavy atom. The molecule has 0 spiro atoms. The van der Waals surface area contributed by atoms with E-state index in [-0.39, 0.29) is 31.0 Å². The number of esters is 1. The van der Waals surface area contributed by atoms with Crippen LogP contribution in [0.1, 0.15) is 30.1 Å². The first kappa shape index (κ1) is 19.2. The van der Waals surface area contributed by atoms with Crippen molar-refractivity contribution in [1.82, 2.24) is 0 Å². The Labute approximate surface area is 162 Å². The Balaban J connectivity index is 1.84. The number of carbonyl (C=O) groups is 3. The van der Waals surface area contributed by atoms with Gasteiger partial charge in [-0.15, -0.1) is 11.8 Å². The Bertz CT molecular complexity index is 833.